The van der Waals surface area contributed by atoms with Gasteiger partial charge in [-0.1, -0.05) is 6.42 Å². The number of hydrogen-bond acceptors (Lipinski definition) is 10. The quantitative estimate of drug-likeness (QED) is 0.0418. The number of amides is 5. The maximum atomic E-state index is 12.0. The predicted molar refractivity (Wildman–Crippen MR) is 163 cm³/mol. The van der Waals surface area contributed by atoms with Crippen LogP contribution < -0.4 is 32.5 Å². The molecule has 0 aromatic carbocycles. The van der Waals surface area contributed by atoms with E-state index in [-0.39, 0.29) is 35.8 Å². The van der Waals surface area contributed by atoms with E-state index < -0.39 is 0 Å². The Morgan fingerprint density at radius 2 is 1.21 bits per heavy atom. The second-order valence-corrected chi connectivity index (χ2v) is 11.8. The molecule has 5 amide bonds. The van der Waals surface area contributed by atoms with Crippen molar-refractivity contribution in [3.8, 4) is 0 Å². The Bertz CT molecular complexity index is 811. The second kappa shape index (κ2) is 24.2. The van der Waals surface area contributed by atoms with Crippen molar-refractivity contribution in [1.29, 1.82) is 0 Å². The molecule has 2 rings (SSSR count). The largest absolute Gasteiger partial charge is 0.379 e. The number of unbranched alkanes of at least 4 members (excludes halogenated alkanes) is 1. The van der Waals surface area contributed by atoms with E-state index in [1.165, 1.54) is 0 Å². The minimum atomic E-state index is -0.0797. The number of nitrogens with one attached hydrogen (secondary N) is 5. The van der Waals surface area contributed by atoms with Crippen molar-refractivity contribution in [2.24, 2.45) is 5.90 Å². The van der Waals surface area contributed by atoms with Crippen LogP contribution in [0.5, 0.6) is 0 Å². The highest BCUT2D eigenvalue weighted by molar-refractivity contribution is 8.00. The highest BCUT2D eigenvalue weighted by Gasteiger charge is 2.42. The lowest BCUT2D eigenvalue weighted by Crippen LogP contribution is -2.36. The molecule has 2 aliphatic heterocycles. The molecule has 2 fully saturated rings. The van der Waals surface area contributed by atoms with Crippen LogP contribution in [0.25, 0.3) is 0 Å². The summed E-state index contributed by atoms with van der Waals surface area (Å²) in [5.74, 6) is 5.80. The van der Waals surface area contributed by atoms with E-state index in [2.05, 4.69) is 31.4 Å². The molecule has 43 heavy (non-hydrogen) atoms. The first-order valence-corrected chi connectivity index (χ1v) is 16.6. The SMILES string of the molecule is NOCCCNC(=O)CCCC(=O)NCCCOCCOCCOCCCNC(=O)CCCCC1SCC2NC(=O)NC21. The Labute approximate surface area is 259 Å². The lowest BCUT2D eigenvalue weighted by molar-refractivity contribution is -0.123. The highest BCUT2D eigenvalue weighted by Crippen LogP contribution is 2.33. The zero-order valence-corrected chi connectivity index (χ0v) is 26.1. The van der Waals surface area contributed by atoms with Crippen LogP contribution in [-0.2, 0) is 33.4 Å². The molecular weight excluding hydrogens is 580 g/mol. The van der Waals surface area contributed by atoms with Gasteiger partial charge < -0.3 is 45.6 Å². The van der Waals surface area contributed by atoms with Crippen molar-refractivity contribution in [3.63, 3.8) is 0 Å². The Hall–Kier alpha value is -2.17. The van der Waals surface area contributed by atoms with Gasteiger partial charge in [-0.2, -0.15) is 11.8 Å². The van der Waals surface area contributed by atoms with Crippen molar-refractivity contribution >= 4 is 35.5 Å². The lowest BCUT2D eigenvalue weighted by Gasteiger charge is -2.16. The van der Waals surface area contributed by atoms with Gasteiger partial charge in [-0.05, 0) is 38.5 Å². The molecule has 0 spiro atoms. The summed E-state index contributed by atoms with van der Waals surface area (Å²) in [4.78, 5) is 51.3. The smallest absolute Gasteiger partial charge is 0.315 e. The number of carbonyl (C=O) groups excluding carboxylic acids is 4. The normalized spacial score (nSPS) is 19.0. The topological polar surface area (TPSA) is 191 Å². The summed E-state index contributed by atoms with van der Waals surface area (Å²) in [6.07, 6.45) is 6.61. The van der Waals surface area contributed by atoms with Gasteiger partial charge in [-0.15, -0.1) is 0 Å². The van der Waals surface area contributed by atoms with Crippen LogP contribution in [0.3, 0.4) is 0 Å². The van der Waals surface area contributed by atoms with Gasteiger partial charge in [0.15, 0.2) is 0 Å². The summed E-state index contributed by atoms with van der Waals surface area (Å²) < 4.78 is 16.5. The van der Waals surface area contributed by atoms with Crippen LogP contribution in [0, 0.1) is 0 Å². The molecule has 0 radical (unpaired) electrons. The van der Waals surface area contributed by atoms with E-state index >= 15 is 0 Å². The lowest BCUT2D eigenvalue weighted by atomic mass is 10.0. The van der Waals surface area contributed by atoms with Gasteiger partial charge in [0.1, 0.15) is 0 Å². The zero-order chi connectivity index (χ0) is 31.0. The van der Waals surface area contributed by atoms with E-state index in [1.807, 2.05) is 11.8 Å². The number of carbonyl (C=O) groups is 4. The highest BCUT2D eigenvalue weighted by atomic mass is 32.2. The molecule has 15 heteroatoms. The van der Waals surface area contributed by atoms with Crippen molar-refractivity contribution in [2.45, 2.75) is 81.5 Å². The molecule has 2 aliphatic rings. The Morgan fingerprint density at radius 3 is 1.77 bits per heavy atom. The number of rotatable bonds is 27. The standard InChI is InChI=1S/C28H52N6O8S/c29-42-16-6-13-32-26(37)10-3-9-25(36)31-12-5-15-40-18-20-41-19-17-39-14-4-11-30-24(35)8-2-1-7-23-27-22(21-43-23)33-28(38)34-27/h22-23,27H,1-21,29H2,(H,30,35)(H,31,36)(H,32,37)(H2,33,34,38). The Kier molecular flexibility index (Phi) is 20.8. The predicted octanol–water partition coefficient (Wildman–Crippen LogP) is 0.342. The van der Waals surface area contributed by atoms with E-state index in [9.17, 15) is 19.2 Å². The van der Waals surface area contributed by atoms with Crippen LogP contribution in [-0.4, -0.2) is 113 Å². The third-order valence-corrected chi connectivity index (χ3v) is 8.48. The van der Waals surface area contributed by atoms with Crippen molar-refractivity contribution in [3.05, 3.63) is 0 Å². The number of ether oxygens (including phenoxy) is 3. The summed E-state index contributed by atoms with van der Waals surface area (Å²) in [7, 11) is 0. The molecule has 2 saturated heterocycles. The molecule has 0 aromatic heterocycles. The molecule has 3 atom stereocenters. The Morgan fingerprint density at radius 1 is 0.698 bits per heavy atom. The first-order valence-electron chi connectivity index (χ1n) is 15.5. The van der Waals surface area contributed by atoms with Crippen LogP contribution in [0.15, 0.2) is 0 Å². The summed E-state index contributed by atoms with van der Waals surface area (Å²) in [6.45, 7) is 5.02. The van der Waals surface area contributed by atoms with Gasteiger partial charge in [0, 0.05) is 63.1 Å². The first kappa shape index (κ1) is 37.0. The summed E-state index contributed by atoms with van der Waals surface area (Å²) in [5.41, 5.74) is 0. The van der Waals surface area contributed by atoms with Crippen molar-refractivity contribution in [2.75, 3.05) is 71.6 Å². The van der Waals surface area contributed by atoms with Crippen molar-refractivity contribution < 1.29 is 38.2 Å². The monoisotopic (exact) mass is 632 g/mol. The fourth-order valence-electron chi connectivity index (χ4n) is 4.68. The summed E-state index contributed by atoms with van der Waals surface area (Å²) in [5, 5.41) is 14.9. The molecule has 248 valence electrons. The molecular formula is C28H52N6O8S. The summed E-state index contributed by atoms with van der Waals surface area (Å²) >= 11 is 1.90. The van der Waals surface area contributed by atoms with Crippen LogP contribution in [0.2, 0.25) is 0 Å². The molecule has 0 aliphatic carbocycles. The third kappa shape index (κ3) is 18.3. The van der Waals surface area contributed by atoms with Crippen LogP contribution >= 0.6 is 11.8 Å². The second-order valence-electron chi connectivity index (χ2n) is 10.5. The van der Waals surface area contributed by atoms with Gasteiger partial charge >= 0.3 is 6.03 Å². The molecule has 14 nitrogen and oxygen atoms in total. The number of nitrogens with two attached hydrogens (primary N) is 1. The van der Waals surface area contributed by atoms with Gasteiger partial charge in [0.2, 0.25) is 17.7 Å². The molecule has 3 unspecified atom stereocenters. The van der Waals surface area contributed by atoms with Crippen LogP contribution in [0.4, 0.5) is 4.79 Å². The van der Waals surface area contributed by atoms with E-state index in [1.54, 1.807) is 0 Å². The molecule has 0 bridgehead atoms. The summed E-state index contributed by atoms with van der Waals surface area (Å²) in [6, 6.07) is 0.411. The number of fused-ring (bicyclic) bond motifs is 1. The molecule has 0 aromatic rings. The van der Waals surface area contributed by atoms with E-state index in [0.29, 0.717) is 110 Å². The average Bonchev–Trinajstić information content (AvgIpc) is 3.54. The number of hydrogen-bond donors (Lipinski definition) is 6. The van der Waals surface area contributed by atoms with Gasteiger partial charge in [0.05, 0.1) is 45.1 Å². The van der Waals surface area contributed by atoms with Crippen molar-refractivity contribution in [1.82, 2.24) is 26.6 Å². The maximum absolute atomic E-state index is 12.0. The van der Waals surface area contributed by atoms with Gasteiger partial charge in [-0.3, -0.25) is 14.4 Å². The van der Waals surface area contributed by atoms with Gasteiger partial charge in [-0.25, -0.2) is 10.7 Å². The molecule has 2 heterocycles. The minimum Gasteiger partial charge on any atom is -0.379 e. The van der Waals surface area contributed by atoms with E-state index in [0.717, 1.165) is 31.4 Å². The fourth-order valence-corrected chi connectivity index (χ4v) is 6.22. The van der Waals surface area contributed by atoms with Crippen LogP contribution in [0.1, 0.15) is 64.2 Å². The number of thioether (sulfide) groups is 1. The van der Waals surface area contributed by atoms with E-state index in [4.69, 9.17) is 20.1 Å². The number of urea groups is 1. The first-order chi connectivity index (χ1) is 21.0. The fraction of sp³-hybridized carbons (Fsp3) is 0.857. The average molecular weight is 633 g/mol. The van der Waals surface area contributed by atoms with Gasteiger partial charge in [0.25, 0.3) is 0 Å². The Balaban J connectivity index is 1.24. The molecule has 7 N–H and O–H groups in total. The third-order valence-electron chi connectivity index (χ3n) is 6.97. The zero-order valence-electron chi connectivity index (χ0n) is 25.3. The molecule has 0 saturated carbocycles. The minimum absolute atomic E-state index is 0.0609. The maximum Gasteiger partial charge on any atom is 0.315 e.